The highest BCUT2D eigenvalue weighted by atomic mass is 35.5. The normalized spacial score (nSPS) is 27.2. The first kappa shape index (κ1) is 20.3. The quantitative estimate of drug-likeness (QED) is 0.898. The molecule has 5 nitrogen and oxygen atoms in total. The zero-order valence-electron chi connectivity index (χ0n) is 13.7. The minimum absolute atomic E-state index is 0. The van der Waals surface area contributed by atoms with Crippen LogP contribution in [-0.4, -0.2) is 39.0 Å². The summed E-state index contributed by atoms with van der Waals surface area (Å²) < 4.78 is 2.16. The Morgan fingerprint density at radius 1 is 1.30 bits per heavy atom. The third kappa shape index (κ3) is 4.61. The van der Waals surface area contributed by atoms with Gasteiger partial charge >= 0.3 is 0 Å². The van der Waals surface area contributed by atoms with E-state index >= 15 is 0 Å². The molecule has 1 amide bonds. The maximum Gasteiger partial charge on any atom is 0.226 e. The van der Waals surface area contributed by atoms with Crippen molar-refractivity contribution in [3.63, 3.8) is 0 Å². The smallest absolute Gasteiger partial charge is 0.226 e. The van der Waals surface area contributed by atoms with Crippen LogP contribution in [0.25, 0.3) is 0 Å². The molecule has 2 heterocycles. The Morgan fingerprint density at radius 3 is 2.74 bits per heavy atom. The van der Waals surface area contributed by atoms with Gasteiger partial charge in [0.2, 0.25) is 5.91 Å². The Kier molecular flexibility index (Phi) is 7.84. The van der Waals surface area contributed by atoms with Crippen LogP contribution in [0.1, 0.15) is 44.3 Å². The maximum absolute atomic E-state index is 12.8. The van der Waals surface area contributed by atoms with E-state index in [4.69, 9.17) is 5.73 Å². The Labute approximate surface area is 150 Å². The number of rotatable bonds is 3. The molecule has 2 fully saturated rings. The van der Waals surface area contributed by atoms with E-state index in [0.29, 0.717) is 11.9 Å². The van der Waals surface area contributed by atoms with Crippen LogP contribution in [0.5, 0.6) is 0 Å². The van der Waals surface area contributed by atoms with E-state index < -0.39 is 0 Å². The second-order valence-corrected chi connectivity index (χ2v) is 6.58. The number of hydrogen-bond acceptors (Lipinski definition) is 3. The van der Waals surface area contributed by atoms with E-state index in [1.807, 2.05) is 19.3 Å². The lowest BCUT2D eigenvalue weighted by molar-refractivity contribution is -0.137. The van der Waals surface area contributed by atoms with Gasteiger partial charge < -0.3 is 15.2 Å². The first-order valence-electron chi connectivity index (χ1n) is 8.19. The van der Waals surface area contributed by atoms with Gasteiger partial charge in [-0.05, 0) is 39.0 Å². The highest BCUT2D eigenvalue weighted by Gasteiger charge is 2.35. The molecule has 1 aliphatic heterocycles. The van der Waals surface area contributed by atoms with Crippen molar-refractivity contribution in [2.75, 3.05) is 6.54 Å². The van der Waals surface area contributed by atoms with Crippen LogP contribution >= 0.6 is 24.8 Å². The minimum Gasteiger partial charge on any atom is -0.338 e. The third-order valence-electron chi connectivity index (χ3n) is 5.06. The van der Waals surface area contributed by atoms with E-state index in [-0.39, 0.29) is 36.8 Å². The van der Waals surface area contributed by atoms with Crippen LogP contribution < -0.4 is 5.73 Å². The van der Waals surface area contributed by atoms with Gasteiger partial charge in [-0.15, -0.1) is 24.8 Å². The van der Waals surface area contributed by atoms with Crippen molar-refractivity contribution < 1.29 is 4.79 Å². The number of carbonyl (C=O) groups excluding carboxylic acids is 1. The van der Waals surface area contributed by atoms with E-state index in [1.165, 1.54) is 0 Å². The molecule has 1 saturated carbocycles. The van der Waals surface area contributed by atoms with Crippen molar-refractivity contribution in [2.45, 2.75) is 64.1 Å². The number of nitrogens with zero attached hydrogens (tertiary/aromatic N) is 3. The van der Waals surface area contributed by atoms with Crippen LogP contribution in [0.2, 0.25) is 0 Å². The topological polar surface area (TPSA) is 64.2 Å². The van der Waals surface area contributed by atoms with E-state index in [2.05, 4.69) is 14.5 Å². The van der Waals surface area contributed by atoms with E-state index in [1.54, 1.807) is 0 Å². The lowest BCUT2D eigenvalue weighted by Gasteiger charge is -2.32. The molecule has 1 aromatic rings. The molecule has 0 aromatic carbocycles. The number of hydrogen-bond donors (Lipinski definition) is 1. The van der Waals surface area contributed by atoms with Crippen LogP contribution in [0.15, 0.2) is 12.4 Å². The van der Waals surface area contributed by atoms with Gasteiger partial charge in [-0.25, -0.2) is 4.98 Å². The van der Waals surface area contributed by atoms with Crippen LogP contribution in [0.4, 0.5) is 0 Å². The zero-order chi connectivity index (χ0) is 14.8. The summed E-state index contributed by atoms with van der Waals surface area (Å²) in [5.74, 6) is 1.51. The monoisotopic (exact) mass is 362 g/mol. The number of carbonyl (C=O) groups is 1. The van der Waals surface area contributed by atoms with Crippen LogP contribution in [0, 0.1) is 12.8 Å². The summed E-state index contributed by atoms with van der Waals surface area (Å²) in [7, 11) is 0. The van der Waals surface area contributed by atoms with Gasteiger partial charge in [-0.3, -0.25) is 4.79 Å². The summed E-state index contributed by atoms with van der Waals surface area (Å²) in [5, 5.41) is 0. The average molecular weight is 363 g/mol. The molecule has 0 spiro atoms. The summed E-state index contributed by atoms with van der Waals surface area (Å²) in [4.78, 5) is 19.2. The molecule has 23 heavy (non-hydrogen) atoms. The van der Waals surface area contributed by atoms with Gasteiger partial charge in [-0.1, -0.05) is 6.42 Å². The second kappa shape index (κ2) is 8.90. The molecule has 132 valence electrons. The first-order chi connectivity index (χ1) is 10.1. The predicted octanol–water partition coefficient (Wildman–Crippen LogP) is 2.54. The van der Waals surface area contributed by atoms with Gasteiger partial charge in [0, 0.05) is 43.5 Å². The molecule has 3 atom stereocenters. The van der Waals surface area contributed by atoms with Crippen molar-refractivity contribution in [3.05, 3.63) is 18.2 Å². The van der Waals surface area contributed by atoms with Crippen LogP contribution in [0.3, 0.4) is 0 Å². The highest BCUT2D eigenvalue weighted by molar-refractivity contribution is 5.85. The predicted molar refractivity (Wildman–Crippen MR) is 96.1 cm³/mol. The Bertz CT molecular complexity index is 508. The molecule has 1 saturated heterocycles. The highest BCUT2D eigenvalue weighted by Crippen LogP contribution is 2.29. The number of aryl methyl sites for hydroxylation is 1. The van der Waals surface area contributed by atoms with Crippen molar-refractivity contribution in [3.8, 4) is 0 Å². The molecule has 3 unspecified atom stereocenters. The summed E-state index contributed by atoms with van der Waals surface area (Å²) in [6.45, 7) is 3.79. The summed E-state index contributed by atoms with van der Waals surface area (Å²) in [6, 6.07) is 0.535. The van der Waals surface area contributed by atoms with Gasteiger partial charge in [0.15, 0.2) is 0 Å². The fraction of sp³-hybridized carbons (Fsp3) is 0.750. The number of imidazole rings is 1. The summed E-state index contributed by atoms with van der Waals surface area (Å²) in [6.07, 6.45) is 10.1. The van der Waals surface area contributed by atoms with Crippen molar-refractivity contribution >= 4 is 30.7 Å². The molecule has 0 bridgehead atoms. The second-order valence-electron chi connectivity index (χ2n) is 6.58. The lowest BCUT2D eigenvalue weighted by atomic mass is 9.85. The fourth-order valence-electron chi connectivity index (χ4n) is 3.83. The number of halogens is 2. The molecule has 1 aliphatic carbocycles. The molecule has 2 N–H and O–H groups in total. The first-order valence-corrected chi connectivity index (χ1v) is 8.19. The average Bonchev–Trinajstić information content (AvgIpc) is 3.08. The fourth-order valence-corrected chi connectivity index (χ4v) is 3.83. The summed E-state index contributed by atoms with van der Waals surface area (Å²) in [5.41, 5.74) is 6.04. The Morgan fingerprint density at radius 2 is 2.09 bits per heavy atom. The summed E-state index contributed by atoms with van der Waals surface area (Å²) >= 11 is 0. The van der Waals surface area contributed by atoms with Gasteiger partial charge in [0.1, 0.15) is 5.82 Å². The number of amides is 1. The van der Waals surface area contributed by atoms with Gasteiger partial charge in [-0.2, -0.15) is 0 Å². The standard InChI is InChI=1S/C16H26N4O.2ClH/c1-12-18-7-9-19(12)11-15-6-3-8-20(15)16(21)13-4-2-5-14(17)10-13;;/h7,9,13-15H,2-6,8,10-11,17H2,1H3;2*1H. The molecular weight excluding hydrogens is 335 g/mol. The van der Waals surface area contributed by atoms with Gasteiger partial charge in [0.05, 0.1) is 0 Å². The van der Waals surface area contributed by atoms with Crippen LogP contribution in [-0.2, 0) is 11.3 Å². The Balaban J connectivity index is 0.00000132. The molecule has 0 radical (unpaired) electrons. The molecule has 7 heteroatoms. The van der Waals surface area contributed by atoms with Crippen molar-refractivity contribution in [2.24, 2.45) is 11.7 Å². The van der Waals surface area contributed by atoms with E-state index in [9.17, 15) is 4.79 Å². The molecule has 2 aliphatic rings. The lowest BCUT2D eigenvalue weighted by Crippen LogP contribution is -2.44. The minimum atomic E-state index is 0. The molecule has 1 aromatic heterocycles. The largest absolute Gasteiger partial charge is 0.338 e. The van der Waals surface area contributed by atoms with Gasteiger partial charge in [0.25, 0.3) is 0 Å². The zero-order valence-corrected chi connectivity index (χ0v) is 15.3. The SMILES string of the molecule is Cc1nccn1CC1CCCN1C(=O)C1CCCC(N)C1.Cl.Cl. The van der Waals surface area contributed by atoms with Crippen molar-refractivity contribution in [1.29, 1.82) is 0 Å². The third-order valence-corrected chi connectivity index (χ3v) is 5.06. The number of likely N-dealkylation sites (tertiary alicyclic amines) is 1. The molecule has 3 rings (SSSR count). The Hall–Kier alpha value is -0.780. The number of nitrogens with two attached hydrogens (primary N) is 1. The molecular formula is C16H28Cl2N4O. The van der Waals surface area contributed by atoms with E-state index in [0.717, 1.165) is 57.4 Å². The number of aromatic nitrogens is 2. The maximum atomic E-state index is 12.8. The van der Waals surface area contributed by atoms with Crippen molar-refractivity contribution in [1.82, 2.24) is 14.5 Å².